The number of fused-ring (bicyclic) bond motifs is 2. The van der Waals surface area contributed by atoms with E-state index in [0.29, 0.717) is 0 Å². The van der Waals surface area contributed by atoms with Gasteiger partial charge >= 0.3 is 6.03 Å². The average molecular weight is 291 g/mol. The highest BCUT2D eigenvalue weighted by molar-refractivity contribution is 6.07. The highest BCUT2D eigenvalue weighted by atomic mass is 19.1. The Labute approximate surface area is 117 Å². The van der Waals surface area contributed by atoms with Gasteiger partial charge in [0, 0.05) is 16.9 Å². The maximum absolute atomic E-state index is 13.5. The zero-order chi connectivity index (χ0) is 15.0. The van der Waals surface area contributed by atoms with Gasteiger partial charge in [-0.25, -0.2) is 9.18 Å². The molecule has 0 saturated carbocycles. The van der Waals surface area contributed by atoms with Crippen molar-refractivity contribution in [2.45, 2.75) is 18.1 Å². The first-order valence-corrected chi connectivity index (χ1v) is 6.16. The predicted octanol–water partition coefficient (Wildman–Crippen LogP) is 1.32. The Balaban J connectivity index is 2.09. The van der Waals surface area contributed by atoms with Crippen LogP contribution in [0, 0.1) is 5.82 Å². The van der Waals surface area contributed by atoms with Crippen LogP contribution < -0.4 is 15.4 Å². The molecule has 2 unspecified atom stereocenters. The van der Waals surface area contributed by atoms with Crippen molar-refractivity contribution in [2.24, 2.45) is 5.11 Å². The Bertz CT molecular complexity index is 687. The summed E-state index contributed by atoms with van der Waals surface area (Å²) < 4.78 is 19.1. The summed E-state index contributed by atoms with van der Waals surface area (Å²) in [6, 6.07) is 3.08. The molecule has 0 aromatic heterocycles. The van der Waals surface area contributed by atoms with E-state index in [-0.39, 0.29) is 24.3 Å². The number of halogens is 1. The monoisotopic (exact) mass is 291 g/mol. The van der Waals surface area contributed by atoms with Crippen molar-refractivity contribution in [2.75, 3.05) is 6.54 Å². The van der Waals surface area contributed by atoms with Crippen molar-refractivity contribution in [1.82, 2.24) is 10.6 Å². The largest absolute Gasteiger partial charge is 0.490 e. The number of urea groups is 1. The van der Waals surface area contributed by atoms with Crippen LogP contribution in [-0.2, 0) is 10.3 Å². The highest BCUT2D eigenvalue weighted by Gasteiger charge is 2.53. The van der Waals surface area contributed by atoms with Gasteiger partial charge in [0.25, 0.3) is 5.91 Å². The number of hydrogen-bond donors (Lipinski definition) is 2. The molecule has 2 atom stereocenters. The molecular formula is C12H10FN5O3. The quantitative estimate of drug-likeness (QED) is 0.370. The van der Waals surface area contributed by atoms with Crippen LogP contribution in [0.3, 0.4) is 0 Å². The zero-order valence-corrected chi connectivity index (χ0v) is 10.7. The molecule has 1 spiro atoms. The molecular weight excluding hydrogens is 281 g/mol. The van der Waals surface area contributed by atoms with E-state index in [0.717, 1.165) is 6.07 Å². The number of hydrogen-bond acceptors (Lipinski definition) is 4. The van der Waals surface area contributed by atoms with Crippen LogP contribution in [0.15, 0.2) is 23.3 Å². The van der Waals surface area contributed by atoms with Gasteiger partial charge in [-0.05, 0) is 23.7 Å². The van der Waals surface area contributed by atoms with E-state index in [4.69, 9.17) is 10.3 Å². The van der Waals surface area contributed by atoms with Crippen LogP contribution in [0.4, 0.5) is 9.18 Å². The fourth-order valence-electron chi connectivity index (χ4n) is 2.67. The lowest BCUT2D eigenvalue weighted by molar-refractivity contribution is -0.126. The molecule has 2 heterocycles. The van der Waals surface area contributed by atoms with E-state index in [1.165, 1.54) is 12.1 Å². The molecule has 3 amide bonds. The molecule has 0 aliphatic carbocycles. The molecule has 21 heavy (non-hydrogen) atoms. The standard InChI is InChI=1S/C12H10FN5O3/c13-6-1-2-9-8(3-6)12(10(19)16-11(20)17-12)4-7(21-9)5-15-18-14/h1-3,7H,4-5H2,(H2,16,17,19,20). The first-order valence-electron chi connectivity index (χ1n) is 6.16. The molecule has 1 aromatic carbocycles. The summed E-state index contributed by atoms with van der Waals surface area (Å²) in [6.07, 6.45) is -0.539. The van der Waals surface area contributed by atoms with E-state index in [2.05, 4.69) is 20.7 Å². The van der Waals surface area contributed by atoms with E-state index in [9.17, 15) is 14.0 Å². The van der Waals surface area contributed by atoms with Gasteiger partial charge < -0.3 is 10.1 Å². The summed E-state index contributed by atoms with van der Waals surface area (Å²) in [5, 5.41) is 8.09. The molecule has 0 bridgehead atoms. The molecule has 1 fully saturated rings. The molecule has 108 valence electrons. The molecule has 0 radical (unpaired) electrons. The van der Waals surface area contributed by atoms with E-state index in [1.54, 1.807) is 0 Å². The third-order valence-electron chi connectivity index (χ3n) is 3.52. The highest BCUT2D eigenvalue weighted by Crippen LogP contribution is 2.41. The first-order chi connectivity index (χ1) is 10.0. The van der Waals surface area contributed by atoms with Crippen molar-refractivity contribution in [3.8, 4) is 5.75 Å². The Morgan fingerprint density at radius 1 is 1.52 bits per heavy atom. The summed E-state index contributed by atoms with van der Waals surface area (Å²) >= 11 is 0. The number of ether oxygens (including phenoxy) is 1. The first kappa shape index (κ1) is 13.2. The third-order valence-corrected chi connectivity index (χ3v) is 3.52. The average Bonchev–Trinajstić information content (AvgIpc) is 2.72. The smallest absolute Gasteiger partial charge is 0.322 e. The number of benzene rings is 1. The summed E-state index contributed by atoms with van der Waals surface area (Å²) in [6.45, 7) is -0.00177. The lowest BCUT2D eigenvalue weighted by Gasteiger charge is -2.37. The fraction of sp³-hybridized carbons (Fsp3) is 0.333. The van der Waals surface area contributed by atoms with Crippen molar-refractivity contribution in [3.63, 3.8) is 0 Å². The van der Waals surface area contributed by atoms with Crippen molar-refractivity contribution >= 4 is 11.9 Å². The fourth-order valence-corrected chi connectivity index (χ4v) is 2.67. The Morgan fingerprint density at radius 3 is 3.00 bits per heavy atom. The van der Waals surface area contributed by atoms with Crippen molar-refractivity contribution in [3.05, 3.63) is 40.0 Å². The lowest BCUT2D eigenvalue weighted by atomic mass is 9.81. The number of carbonyl (C=O) groups excluding carboxylic acids is 2. The SMILES string of the molecule is [N-]=[N+]=NCC1CC2(NC(=O)NC2=O)c2cc(F)ccc2O1. The van der Waals surface area contributed by atoms with E-state index >= 15 is 0 Å². The summed E-state index contributed by atoms with van der Waals surface area (Å²) in [7, 11) is 0. The second-order valence-electron chi connectivity index (χ2n) is 4.81. The summed E-state index contributed by atoms with van der Waals surface area (Å²) in [5.74, 6) is -0.842. The maximum Gasteiger partial charge on any atom is 0.322 e. The number of nitrogens with one attached hydrogen (secondary N) is 2. The molecule has 1 aromatic rings. The molecule has 2 aliphatic heterocycles. The van der Waals surface area contributed by atoms with Crippen LogP contribution in [0.1, 0.15) is 12.0 Å². The number of nitrogens with zero attached hydrogens (tertiary/aromatic N) is 3. The number of imide groups is 1. The Morgan fingerprint density at radius 2 is 2.33 bits per heavy atom. The predicted molar refractivity (Wildman–Crippen MR) is 67.8 cm³/mol. The number of amides is 3. The van der Waals surface area contributed by atoms with E-state index < -0.39 is 29.4 Å². The van der Waals surface area contributed by atoms with Crippen LogP contribution in [0.25, 0.3) is 10.4 Å². The van der Waals surface area contributed by atoms with Crippen LogP contribution >= 0.6 is 0 Å². The number of carbonyl (C=O) groups is 2. The van der Waals surface area contributed by atoms with Gasteiger partial charge in [-0.3, -0.25) is 10.1 Å². The minimum Gasteiger partial charge on any atom is -0.490 e. The molecule has 8 nitrogen and oxygen atoms in total. The van der Waals surface area contributed by atoms with Crippen LogP contribution in [0.2, 0.25) is 0 Å². The maximum atomic E-state index is 13.5. The molecule has 9 heteroatoms. The topological polar surface area (TPSA) is 116 Å². The normalized spacial score (nSPS) is 26.4. The number of azide groups is 1. The zero-order valence-electron chi connectivity index (χ0n) is 10.7. The summed E-state index contributed by atoms with van der Waals surface area (Å²) in [4.78, 5) is 26.3. The number of rotatable bonds is 2. The van der Waals surface area contributed by atoms with Gasteiger partial charge in [-0.1, -0.05) is 5.11 Å². The summed E-state index contributed by atoms with van der Waals surface area (Å²) in [5.41, 5.74) is 7.24. The molecule has 2 N–H and O–H groups in total. The molecule has 3 rings (SSSR count). The lowest BCUT2D eigenvalue weighted by Crippen LogP contribution is -2.51. The van der Waals surface area contributed by atoms with Gasteiger partial charge in [0.05, 0.1) is 6.54 Å². The minimum absolute atomic E-state index is 0.00177. The molecule has 1 saturated heterocycles. The van der Waals surface area contributed by atoms with Gasteiger partial charge in [-0.15, -0.1) is 0 Å². The second-order valence-corrected chi connectivity index (χ2v) is 4.81. The van der Waals surface area contributed by atoms with Gasteiger partial charge in [0.15, 0.2) is 5.54 Å². The Hall–Kier alpha value is -2.80. The van der Waals surface area contributed by atoms with Gasteiger partial charge in [0.2, 0.25) is 0 Å². The Kier molecular flexibility index (Phi) is 2.91. The second kappa shape index (κ2) is 4.64. The van der Waals surface area contributed by atoms with Crippen molar-refractivity contribution < 1.29 is 18.7 Å². The van der Waals surface area contributed by atoms with Crippen molar-refractivity contribution in [1.29, 1.82) is 0 Å². The van der Waals surface area contributed by atoms with Crippen LogP contribution in [-0.4, -0.2) is 24.6 Å². The third kappa shape index (κ3) is 2.03. The van der Waals surface area contributed by atoms with Gasteiger partial charge in [-0.2, -0.15) is 0 Å². The van der Waals surface area contributed by atoms with E-state index in [1.807, 2.05) is 0 Å². The minimum atomic E-state index is -1.40. The van der Waals surface area contributed by atoms with Crippen LogP contribution in [0.5, 0.6) is 5.75 Å². The van der Waals surface area contributed by atoms with Gasteiger partial charge in [0.1, 0.15) is 17.7 Å². The molecule has 2 aliphatic rings.